The van der Waals surface area contributed by atoms with E-state index in [1.807, 2.05) is 30.5 Å². The van der Waals surface area contributed by atoms with Gasteiger partial charge < -0.3 is 5.32 Å². The Morgan fingerprint density at radius 1 is 1.17 bits per heavy atom. The van der Waals surface area contributed by atoms with Crippen molar-refractivity contribution in [2.24, 2.45) is 0 Å². The van der Waals surface area contributed by atoms with Gasteiger partial charge in [-0.15, -0.1) is 0 Å². The van der Waals surface area contributed by atoms with Crippen molar-refractivity contribution in [3.8, 4) is 0 Å². The number of hydrogen-bond donors (Lipinski definition) is 1. The first-order chi connectivity index (χ1) is 8.74. The molecule has 0 amide bonds. The zero-order chi connectivity index (χ0) is 12.5. The molecule has 18 heavy (non-hydrogen) atoms. The van der Waals surface area contributed by atoms with Crippen molar-refractivity contribution in [2.75, 3.05) is 0 Å². The van der Waals surface area contributed by atoms with Gasteiger partial charge in [0.1, 0.15) is 9.31 Å². The SMILES string of the molecule is S=C1NC(=S)C(=Cc2ccnc3ccccc23)S1. The maximum atomic E-state index is 5.24. The average Bonchev–Trinajstić information content (AvgIpc) is 2.68. The molecule has 2 heterocycles. The number of thiocarbonyl (C=S) groups is 2. The van der Waals surface area contributed by atoms with Crippen molar-refractivity contribution in [1.82, 2.24) is 10.3 Å². The number of hydrogen-bond acceptors (Lipinski definition) is 4. The van der Waals surface area contributed by atoms with Crippen LogP contribution in [0.25, 0.3) is 17.0 Å². The molecule has 3 rings (SSSR count). The quantitative estimate of drug-likeness (QED) is 0.639. The van der Waals surface area contributed by atoms with E-state index in [1.54, 1.807) is 0 Å². The number of fused-ring (bicyclic) bond motifs is 1. The normalized spacial score (nSPS) is 17.4. The van der Waals surface area contributed by atoms with Crippen molar-refractivity contribution < 1.29 is 0 Å². The lowest BCUT2D eigenvalue weighted by atomic mass is 10.1. The summed E-state index contributed by atoms with van der Waals surface area (Å²) in [6, 6.07) is 10.0. The third-order valence-corrected chi connectivity index (χ3v) is 4.24. The van der Waals surface area contributed by atoms with E-state index in [0.29, 0.717) is 9.31 Å². The van der Waals surface area contributed by atoms with E-state index in [4.69, 9.17) is 24.4 Å². The number of nitrogens with one attached hydrogen (secondary N) is 1. The third kappa shape index (κ3) is 2.16. The predicted octanol–water partition coefficient (Wildman–Crippen LogP) is 3.52. The molecule has 2 nitrogen and oxygen atoms in total. The molecule has 1 aromatic heterocycles. The molecule has 1 N–H and O–H groups in total. The van der Waals surface area contributed by atoms with Crippen LogP contribution in [0.4, 0.5) is 0 Å². The Morgan fingerprint density at radius 3 is 2.78 bits per heavy atom. The summed E-state index contributed by atoms with van der Waals surface area (Å²) in [6.07, 6.45) is 3.87. The number of nitrogens with zero attached hydrogens (tertiary/aromatic N) is 1. The van der Waals surface area contributed by atoms with Gasteiger partial charge in [0, 0.05) is 16.5 Å². The van der Waals surface area contributed by atoms with Crippen LogP contribution in [0.1, 0.15) is 5.56 Å². The van der Waals surface area contributed by atoms with Crippen LogP contribution in [0, 0.1) is 0 Å². The highest BCUT2D eigenvalue weighted by Gasteiger charge is 2.18. The molecule has 5 heteroatoms. The molecular formula is C13H8N2S3. The summed E-state index contributed by atoms with van der Waals surface area (Å²) < 4.78 is 0.713. The Balaban J connectivity index is 2.13. The van der Waals surface area contributed by atoms with Gasteiger partial charge in [0.25, 0.3) is 0 Å². The second-order valence-corrected chi connectivity index (χ2v) is 5.90. The molecule has 1 saturated heterocycles. The Morgan fingerprint density at radius 2 is 2.00 bits per heavy atom. The third-order valence-electron chi connectivity index (χ3n) is 2.61. The van der Waals surface area contributed by atoms with Crippen molar-refractivity contribution in [3.05, 3.63) is 47.0 Å². The Labute approximate surface area is 119 Å². The highest BCUT2D eigenvalue weighted by atomic mass is 32.2. The van der Waals surface area contributed by atoms with Gasteiger partial charge in [0.15, 0.2) is 0 Å². The molecule has 88 valence electrons. The first-order valence-electron chi connectivity index (χ1n) is 5.33. The topological polar surface area (TPSA) is 24.9 Å². The first-order valence-corrected chi connectivity index (χ1v) is 6.96. The minimum atomic E-state index is 0.700. The summed E-state index contributed by atoms with van der Waals surface area (Å²) in [7, 11) is 0. The number of thioether (sulfide) groups is 1. The molecule has 0 aliphatic carbocycles. The highest BCUT2D eigenvalue weighted by Crippen LogP contribution is 2.28. The Bertz CT molecular complexity index is 686. The molecule has 1 aliphatic rings. The van der Waals surface area contributed by atoms with Crippen molar-refractivity contribution in [2.45, 2.75) is 0 Å². The van der Waals surface area contributed by atoms with Gasteiger partial charge in [0.2, 0.25) is 0 Å². The smallest absolute Gasteiger partial charge is 0.143 e. The fraction of sp³-hybridized carbons (Fsp3) is 0. The van der Waals surface area contributed by atoms with Crippen molar-refractivity contribution in [3.63, 3.8) is 0 Å². The monoisotopic (exact) mass is 288 g/mol. The Hall–Kier alpha value is -1.30. The molecule has 0 bridgehead atoms. The number of rotatable bonds is 1. The average molecular weight is 288 g/mol. The van der Waals surface area contributed by atoms with Crippen LogP contribution < -0.4 is 5.32 Å². The van der Waals surface area contributed by atoms with Crippen molar-refractivity contribution >= 4 is 62.5 Å². The highest BCUT2D eigenvalue weighted by molar-refractivity contribution is 8.27. The summed E-state index contributed by atoms with van der Waals surface area (Å²) in [6.45, 7) is 0. The lowest BCUT2D eigenvalue weighted by Gasteiger charge is -2.02. The van der Waals surface area contributed by atoms with Crippen LogP contribution >= 0.6 is 36.2 Å². The van der Waals surface area contributed by atoms with E-state index < -0.39 is 0 Å². The Kier molecular flexibility index (Phi) is 3.11. The lowest BCUT2D eigenvalue weighted by Crippen LogP contribution is -2.15. The van der Waals surface area contributed by atoms with Crippen LogP contribution in [0.3, 0.4) is 0 Å². The van der Waals surface area contributed by atoms with Gasteiger partial charge in [-0.3, -0.25) is 4.98 Å². The zero-order valence-corrected chi connectivity index (χ0v) is 11.7. The summed E-state index contributed by atoms with van der Waals surface area (Å²) in [5.41, 5.74) is 2.09. The molecule has 0 radical (unpaired) electrons. The van der Waals surface area contributed by atoms with E-state index in [-0.39, 0.29) is 0 Å². The maximum absolute atomic E-state index is 5.24. The van der Waals surface area contributed by atoms with Gasteiger partial charge in [-0.2, -0.15) is 0 Å². The van der Waals surface area contributed by atoms with Gasteiger partial charge >= 0.3 is 0 Å². The second-order valence-electron chi connectivity index (χ2n) is 3.77. The summed E-state index contributed by atoms with van der Waals surface area (Å²) in [5.74, 6) is 0. The van der Waals surface area contributed by atoms with E-state index >= 15 is 0 Å². The molecule has 1 aliphatic heterocycles. The predicted molar refractivity (Wildman–Crippen MR) is 85.6 cm³/mol. The maximum Gasteiger partial charge on any atom is 0.143 e. The molecule has 1 aromatic carbocycles. The molecular weight excluding hydrogens is 280 g/mol. The summed E-state index contributed by atoms with van der Waals surface area (Å²) in [4.78, 5) is 6.03. The van der Waals surface area contributed by atoms with E-state index in [2.05, 4.69) is 22.4 Å². The molecule has 0 atom stereocenters. The largest absolute Gasteiger partial charge is 0.331 e. The minimum Gasteiger partial charge on any atom is -0.331 e. The van der Waals surface area contributed by atoms with E-state index in [9.17, 15) is 0 Å². The standard InChI is InChI=1S/C13H8N2S3/c16-12-11(18-13(17)15-12)7-8-5-6-14-10-4-2-1-3-9(8)10/h1-7H,(H,15,16,17). The van der Waals surface area contributed by atoms with Crippen LogP contribution in [0.2, 0.25) is 0 Å². The van der Waals surface area contributed by atoms with Crippen LogP contribution in [0.5, 0.6) is 0 Å². The van der Waals surface area contributed by atoms with Crippen LogP contribution in [-0.2, 0) is 0 Å². The fourth-order valence-corrected chi connectivity index (χ4v) is 3.28. The van der Waals surface area contributed by atoms with E-state index in [0.717, 1.165) is 21.4 Å². The zero-order valence-electron chi connectivity index (χ0n) is 9.21. The molecule has 2 aromatic rings. The van der Waals surface area contributed by atoms with Gasteiger partial charge in [0.05, 0.1) is 5.52 Å². The summed E-state index contributed by atoms with van der Waals surface area (Å²) >= 11 is 11.8. The lowest BCUT2D eigenvalue weighted by molar-refractivity contribution is 1.41. The van der Waals surface area contributed by atoms with Gasteiger partial charge in [-0.05, 0) is 23.8 Å². The number of pyridine rings is 1. The van der Waals surface area contributed by atoms with Crippen molar-refractivity contribution in [1.29, 1.82) is 0 Å². The van der Waals surface area contributed by atoms with Gasteiger partial charge in [-0.1, -0.05) is 54.4 Å². The molecule has 0 unspecified atom stereocenters. The number of benzene rings is 1. The van der Waals surface area contributed by atoms with Crippen LogP contribution in [0.15, 0.2) is 41.4 Å². The molecule has 1 fully saturated rings. The summed E-state index contributed by atoms with van der Waals surface area (Å²) in [5, 5.41) is 4.10. The second kappa shape index (κ2) is 4.76. The number of aromatic nitrogens is 1. The van der Waals surface area contributed by atoms with Gasteiger partial charge in [-0.25, -0.2) is 0 Å². The molecule has 0 spiro atoms. The minimum absolute atomic E-state index is 0.700. The molecule has 0 saturated carbocycles. The fourth-order valence-electron chi connectivity index (χ4n) is 1.81. The number of para-hydroxylation sites is 1. The van der Waals surface area contributed by atoms with E-state index in [1.165, 1.54) is 11.8 Å². The van der Waals surface area contributed by atoms with Crippen LogP contribution in [-0.4, -0.2) is 14.3 Å². The first kappa shape index (κ1) is 11.8.